The van der Waals surface area contributed by atoms with E-state index in [2.05, 4.69) is 10.3 Å². The van der Waals surface area contributed by atoms with Gasteiger partial charge in [-0.15, -0.1) is 0 Å². The Balaban J connectivity index is 1.72. The molecule has 182 valence electrons. The van der Waals surface area contributed by atoms with Crippen molar-refractivity contribution in [3.63, 3.8) is 0 Å². The zero-order valence-corrected chi connectivity index (χ0v) is 20.2. The number of carbonyl (C=O) groups excluding carboxylic acids is 3. The molecule has 2 heterocycles. The lowest BCUT2D eigenvalue weighted by Crippen LogP contribution is -2.64. The van der Waals surface area contributed by atoms with E-state index in [-0.39, 0.29) is 23.8 Å². The molecule has 0 saturated carbocycles. The molecule has 0 bridgehead atoms. The highest BCUT2D eigenvalue weighted by Crippen LogP contribution is 2.34. The van der Waals surface area contributed by atoms with Crippen molar-refractivity contribution >= 4 is 23.5 Å². The molecule has 1 atom stereocenters. The van der Waals surface area contributed by atoms with E-state index in [1.807, 2.05) is 38.1 Å². The quantitative estimate of drug-likeness (QED) is 0.526. The zero-order chi connectivity index (χ0) is 25.2. The van der Waals surface area contributed by atoms with Crippen molar-refractivity contribution in [3.05, 3.63) is 77.4 Å². The number of imidazole rings is 1. The number of methoxy groups -OCH3 is 1. The third-order valence-electron chi connectivity index (χ3n) is 6.06. The van der Waals surface area contributed by atoms with Gasteiger partial charge in [-0.1, -0.05) is 29.8 Å². The normalized spacial score (nSPS) is 17.0. The number of nitrogens with zero attached hydrogens (tertiary/aromatic N) is 3. The van der Waals surface area contributed by atoms with E-state index < -0.39 is 17.4 Å². The van der Waals surface area contributed by atoms with Crippen molar-refractivity contribution in [2.75, 3.05) is 18.6 Å². The Labute approximate surface area is 203 Å². The number of aryl methyl sites for hydroxylation is 1. The molecule has 0 spiro atoms. The lowest BCUT2D eigenvalue weighted by molar-refractivity contribution is -0.126. The molecule has 0 fully saturated rings. The number of esters is 1. The number of fused-ring (bicyclic) bond motifs is 1. The fraction of sp³-hybridized carbons (Fsp3) is 0.308. The van der Waals surface area contributed by atoms with Crippen LogP contribution < -0.4 is 15.0 Å². The predicted molar refractivity (Wildman–Crippen MR) is 129 cm³/mol. The van der Waals surface area contributed by atoms with Gasteiger partial charge in [0, 0.05) is 12.2 Å². The number of aromatic nitrogens is 2. The van der Waals surface area contributed by atoms with Gasteiger partial charge in [-0.25, -0.2) is 9.78 Å². The van der Waals surface area contributed by atoms with Gasteiger partial charge in [0.2, 0.25) is 5.91 Å². The largest absolute Gasteiger partial charge is 0.494 e. The van der Waals surface area contributed by atoms with Crippen LogP contribution in [0, 0.1) is 6.92 Å². The maximum Gasteiger partial charge on any atom is 0.359 e. The number of amides is 2. The second-order valence-corrected chi connectivity index (χ2v) is 8.57. The molecule has 1 N–H and O–H groups in total. The number of anilines is 1. The molecule has 4 rings (SSSR count). The molecule has 1 aliphatic rings. The van der Waals surface area contributed by atoms with Crippen LogP contribution >= 0.6 is 0 Å². The maximum absolute atomic E-state index is 13.8. The van der Waals surface area contributed by atoms with Gasteiger partial charge in [0.25, 0.3) is 5.91 Å². The van der Waals surface area contributed by atoms with Crippen molar-refractivity contribution < 1.29 is 23.9 Å². The van der Waals surface area contributed by atoms with Crippen molar-refractivity contribution in [3.8, 4) is 5.75 Å². The fourth-order valence-corrected chi connectivity index (χ4v) is 4.22. The molecular formula is C26H28N4O5. The number of ether oxygens (including phenoxy) is 2. The van der Waals surface area contributed by atoms with Crippen molar-refractivity contribution in [2.45, 2.75) is 39.4 Å². The highest BCUT2D eigenvalue weighted by molar-refractivity contribution is 6.15. The van der Waals surface area contributed by atoms with E-state index in [9.17, 15) is 14.4 Å². The minimum absolute atomic E-state index is 0.0783. The first-order valence-corrected chi connectivity index (χ1v) is 11.3. The predicted octanol–water partition coefficient (Wildman–Crippen LogP) is 3.11. The number of rotatable bonds is 7. The van der Waals surface area contributed by atoms with E-state index >= 15 is 0 Å². The molecule has 9 heteroatoms. The zero-order valence-electron chi connectivity index (χ0n) is 20.2. The second-order valence-electron chi connectivity index (χ2n) is 8.57. The summed E-state index contributed by atoms with van der Waals surface area (Å²) in [5, 5.41) is 2.97. The van der Waals surface area contributed by atoms with Crippen LogP contribution in [0.3, 0.4) is 0 Å². The summed E-state index contributed by atoms with van der Waals surface area (Å²) in [6, 6.07) is 14.8. The smallest absolute Gasteiger partial charge is 0.359 e. The molecular weight excluding hydrogens is 448 g/mol. The van der Waals surface area contributed by atoms with Crippen molar-refractivity contribution in [1.29, 1.82) is 0 Å². The molecule has 0 unspecified atom stereocenters. The molecule has 9 nitrogen and oxygen atoms in total. The van der Waals surface area contributed by atoms with Crippen LogP contribution in [0.2, 0.25) is 0 Å². The highest BCUT2D eigenvalue weighted by atomic mass is 16.5. The number of benzene rings is 2. The Kier molecular flexibility index (Phi) is 6.59. The van der Waals surface area contributed by atoms with E-state index in [0.717, 1.165) is 11.1 Å². The van der Waals surface area contributed by atoms with Crippen LogP contribution in [-0.2, 0) is 22.6 Å². The highest BCUT2D eigenvalue weighted by Gasteiger charge is 2.49. The SMILES string of the molecule is CCOc1ccc(N2C(=O)c3c(C(=O)OC)ncn3C[C@@]2(C)C(=O)NCc2ccc(C)cc2)cc1. The minimum atomic E-state index is -1.30. The van der Waals surface area contributed by atoms with E-state index in [1.54, 1.807) is 31.2 Å². The van der Waals surface area contributed by atoms with Crippen LogP contribution in [-0.4, -0.2) is 46.6 Å². The number of nitrogens with one attached hydrogen (secondary N) is 1. The molecule has 35 heavy (non-hydrogen) atoms. The summed E-state index contributed by atoms with van der Waals surface area (Å²) in [5.74, 6) is -0.928. The van der Waals surface area contributed by atoms with Crippen molar-refractivity contribution in [1.82, 2.24) is 14.9 Å². The summed E-state index contributed by atoms with van der Waals surface area (Å²) in [5.41, 5.74) is 1.26. The molecule has 0 saturated heterocycles. The van der Waals surface area contributed by atoms with Crippen LogP contribution in [0.5, 0.6) is 5.75 Å². The van der Waals surface area contributed by atoms with Crippen molar-refractivity contribution in [2.24, 2.45) is 0 Å². The second kappa shape index (κ2) is 9.61. The molecule has 0 aliphatic carbocycles. The Morgan fingerprint density at radius 3 is 2.43 bits per heavy atom. The van der Waals surface area contributed by atoms with Gasteiger partial charge in [-0.3, -0.25) is 14.5 Å². The Bertz CT molecular complexity index is 1250. The molecule has 1 aromatic heterocycles. The average Bonchev–Trinajstić information content (AvgIpc) is 3.28. The van der Waals surface area contributed by atoms with Gasteiger partial charge in [0.15, 0.2) is 5.69 Å². The standard InChI is InChI=1S/C26H28N4O5/c1-5-35-20-12-10-19(11-13-20)30-23(31)22-21(24(32)34-4)28-16-29(22)15-26(30,3)25(33)27-14-18-8-6-17(2)7-9-18/h6-13,16H,5,14-15H2,1-4H3,(H,27,33)/t26-/m0/s1. The number of hydrogen-bond acceptors (Lipinski definition) is 6. The van der Waals surface area contributed by atoms with E-state index in [1.165, 1.54) is 22.9 Å². The summed E-state index contributed by atoms with van der Waals surface area (Å²) in [6.45, 7) is 6.49. The van der Waals surface area contributed by atoms with E-state index in [0.29, 0.717) is 24.6 Å². The summed E-state index contributed by atoms with van der Waals surface area (Å²) in [4.78, 5) is 45.2. The maximum atomic E-state index is 13.8. The van der Waals surface area contributed by atoms with Crippen LogP contribution in [0.1, 0.15) is 46.0 Å². The third-order valence-corrected chi connectivity index (χ3v) is 6.06. The van der Waals surface area contributed by atoms with Crippen LogP contribution in [0.4, 0.5) is 5.69 Å². The van der Waals surface area contributed by atoms with Crippen LogP contribution in [0.25, 0.3) is 0 Å². The minimum Gasteiger partial charge on any atom is -0.494 e. The Morgan fingerprint density at radius 2 is 1.80 bits per heavy atom. The topological polar surface area (TPSA) is 103 Å². The monoisotopic (exact) mass is 476 g/mol. The summed E-state index contributed by atoms with van der Waals surface area (Å²) in [7, 11) is 1.23. The van der Waals surface area contributed by atoms with Gasteiger partial charge < -0.3 is 19.4 Å². The first-order valence-electron chi connectivity index (χ1n) is 11.3. The molecule has 2 amide bonds. The van der Waals surface area contributed by atoms with Gasteiger partial charge in [-0.05, 0) is 50.6 Å². The van der Waals surface area contributed by atoms with Gasteiger partial charge in [-0.2, -0.15) is 0 Å². The lowest BCUT2D eigenvalue weighted by atomic mass is 9.93. The summed E-state index contributed by atoms with van der Waals surface area (Å²) in [6.07, 6.45) is 1.39. The van der Waals surface area contributed by atoms with Crippen LogP contribution in [0.15, 0.2) is 54.9 Å². The number of hydrogen-bond donors (Lipinski definition) is 1. The third kappa shape index (κ3) is 4.49. The number of carbonyl (C=O) groups is 3. The van der Waals surface area contributed by atoms with Gasteiger partial charge >= 0.3 is 5.97 Å². The molecule has 2 aromatic carbocycles. The molecule has 0 radical (unpaired) electrons. The Morgan fingerprint density at radius 1 is 1.11 bits per heavy atom. The molecule has 3 aromatic rings. The Hall–Kier alpha value is -4.14. The first-order chi connectivity index (χ1) is 16.8. The van der Waals surface area contributed by atoms with Gasteiger partial charge in [0.05, 0.1) is 26.6 Å². The average molecular weight is 477 g/mol. The lowest BCUT2D eigenvalue weighted by Gasteiger charge is -2.43. The first kappa shape index (κ1) is 24.0. The summed E-state index contributed by atoms with van der Waals surface area (Å²) >= 11 is 0. The van der Waals surface area contributed by atoms with E-state index in [4.69, 9.17) is 9.47 Å². The van der Waals surface area contributed by atoms with Gasteiger partial charge in [0.1, 0.15) is 17.0 Å². The fourth-order valence-electron chi connectivity index (χ4n) is 4.22. The molecule has 1 aliphatic heterocycles. The summed E-state index contributed by atoms with van der Waals surface area (Å²) < 4.78 is 11.9.